The highest BCUT2D eigenvalue weighted by Gasteiger charge is 2.24. The van der Waals surface area contributed by atoms with Gasteiger partial charge in [-0.25, -0.2) is 8.42 Å². The zero-order valence-electron chi connectivity index (χ0n) is 15.1. The predicted molar refractivity (Wildman–Crippen MR) is 105 cm³/mol. The molecule has 0 aliphatic carbocycles. The van der Waals surface area contributed by atoms with Crippen LogP contribution in [0.2, 0.25) is 0 Å². The van der Waals surface area contributed by atoms with Crippen molar-refractivity contribution < 1.29 is 18.0 Å². The molecule has 2 aromatic rings. The molecule has 0 saturated carbocycles. The number of para-hydroxylation sites is 2. The van der Waals surface area contributed by atoms with Crippen LogP contribution in [0.25, 0.3) is 0 Å². The molecule has 0 aromatic heterocycles. The van der Waals surface area contributed by atoms with Gasteiger partial charge in [0.25, 0.3) is 0 Å². The van der Waals surface area contributed by atoms with Gasteiger partial charge in [-0.15, -0.1) is 0 Å². The molecule has 27 heavy (non-hydrogen) atoms. The zero-order chi connectivity index (χ0) is 19.4. The van der Waals surface area contributed by atoms with Gasteiger partial charge in [-0.2, -0.15) is 0 Å². The van der Waals surface area contributed by atoms with E-state index in [2.05, 4.69) is 5.32 Å². The van der Waals surface area contributed by atoms with Gasteiger partial charge in [-0.05, 0) is 37.6 Å². The molecule has 142 valence electrons. The number of nitrogens with one attached hydrogen (secondary N) is 1. The fourth-order valence-corrected chi connectivity index (χ4v) is 4.26. The predicted octanol–water partition coefficient (Wildman–Crippen LogP) is 2.92. The highest BCUT2D eigenvalue weighted by molar-refractivity contribution is 7.91. The normalized spacial score (nSPS) is 14.4. The van der Waals surface area contributed by atoms with Gasteiger partial charge in [-0.3, -0.25) is 9.59 Å². The summed E-state index contributed by atoms with van der Waals surface area (Å²) in [4.78, 5) is 26.2. The van der Waals surface area contributed by atoms with Crippen molar-refractivity contribution in [3.05, 3.63) is 54.1 Å². The van der Waals surface area contributed by atoms with E-state index in [1.165, 1.54) is 0 Å². The summed E-state index contributed by atoms with van der Waals surface area (Å²) < 4.78 is 24.8. The highest BCUT2D eigenvalue weighted by Crippen LogP contribution is 2.29. The topological polar surface area (TPSA) is 83.6 Å². The average Bonchev–Trinajstić information content (AvgIpc) is 3.07. The van der Waals surface area contributed by atoms with Gasteiger partial charge >= 0.3 is 0 Å². The molecular formula is C20H22N2O4S. The summed E-state index contributed by atoms with van der Waals surface area (Å²) in [6, 6.07) is 13.6. The number of benzene rings is 2. The Morgan fingerprint density at radius 3 is 2.48 bits per heavy atom. The van der Waals surface area contributed by atoms with E-state index >= 15 is 0 Å². The minimum Gasteiger partial charge on any atom is -0.324 e. The molecule has 1 aliphatic rings. The van der Waals surface area contributed by atoms with Crippen LogP contribution in [0.3, 0.4) is 0 Å². The Kier molecular flexibility index (Phi) is 5.60. The van der Waals surface area contributed by atoms with Crippen molar-refractivity contribution in [3.63, 3.8) is 0 Å². The Morgan fingerprint density at radius 1 is 1.11 bits per heavy atom. The average molecular weight is 386 g/mol. The highest BCUT2D eigenvalue weighted by atomic mass is 32.2. The van der Waals surface area contributed by atoms with Crippen LogP contribution in [0.1, 0.15) is 24.8 Å². The summed E-state index contributed by atoms with van der Waals surface area (Å²) >= 11 is 0. The molecule has 0 unspecified atom stereocenters. The van der Waals surface area contributed by atoms with E-state index < -0.39 is 15.7 Å². The van der Waals surface area contributed by atoms with Crippen LogP contribution in [-0.2, 0) is 19.4 Å². The first-order chi connectivity index (χ1) is 12.9. The van der Waals surface area contributed by atoms with Crippen LogP contribution in [0.15, 0.2) is 53.4 Å². The molecule has 7 heteroatoms. The molecule has 6 nitrogen and oxygen atoms in total. The van der Waals surface area contributed by atoms with Crippen LogP contribution in [-0.4, -0.2) is 32.5 Å². The van der Waals surface area contributed by atoms with Crippen molar-refractivity contribution in [1.29, 1.82) is 0 Å². The van der Waals surface area contributed by atoms with Crippen LogP contribution in [0.4, 0.5) is 11.4 Å². The number of hydrogen-bond acceptors (Lipinski definition) is 4. The molecule has 0 atom stereocenters. The van der Waals surface area contributed by atoms with Gasteiger partial charge in [0.1, 0.15) is 0 Å². The van der Waals surface area contributed by atoms with E-state index in [0.717, 1.165) is 12.0 Å². The molecule has 0 bridgehead atoms. The molecule has 2 amide bonds. The maximum atomic E-state index is 12.4. The van der Waals surface area contributed by atoms with Gasteiger partial charge in [-0.1, -0.05) is 29.8 Å². The third-order valence-corrected chi connectivity index (χ3v) is 6.25. The number of rotatable bonds is 6. The number of nitrogens with zero attached hydrogens (tertiary/aromatic N) is 1. The maximum absolute atomic E-state index is 12.4. The number of sulfone groups is 1. The van der Waals surface area contributed by atoms with E-state index in [1.54, 1.807) is 53.4 Å². The van der Waals surface area contributed by atoms with Crippen molar-refractivity contribution in [2.45, 2.75) is 31.1 Å². The third-order valence-electron chi connectivity index (χ3n) is 4.52. The monoisotopic (exact) mass is 386 g/mol. The van der Waals surface area contributed by atoms with Crippen molar-refractivity contribution in [2.75, 3.05) is 22.5 Å². The van der Waals surface area contributed by atoms with Crippen LogP contribution in [0.5, 0.6) is 0 Å². The summed E-state index contributed by atoms with van der Waals surface area (Å²) in [6.07, 6.45) is 1.13. The van der Waals surface area contributed by atoms with E-state index in [-0.39, 0.29) is 23.0 Å². The molecular weight excluding hydrogens is 364 g/mol. The van der Waals surface area contributed by atoms with Gasteiger partial charge in [0, 0.05) is 19.4 Å². The van der Waals surface area contributed by atoms with Crippen molar-refractivity contribution in [3.8, 4) is 0 Å². The van der Waals surface area contributed by atoms with Gasteiger partial charge in [0.05, 0.1) is 22.0 Å². The number of amides is 2. The standard InChI is InChI=1S/C20H22N2O4S/c1-15-8-10-16(11-9-15)27(25,26)14-12-19(23)21-17-5-2-3-6-18(17)22-13-4-7-20(22)24/h2-3,5-6,8-11H,4,7,12-14H2,1H3,(H,21,23). The number of aryl methyl sites for hydroxylation is 1. The zero-order valence-corrected chi connectivity index (χ0v) is 16.0. The summed E-state index contributed by atoms with van der Waals surface area (Å²) in [6.45, 7) is 2.50. The Hall–Kier alpha value is -2.67. The number of hydrogen-bond donors (Lipinski definition) is 1. The molecule has 1 fully saturated rings. The SMILES string of the molecule is Cc1ccc(S(=O)(=O)CCC(=O)Nc2ccccc2N2CCCC2=O)cc1. The first-order valence-corrected chi connectivity index (χ1v) is 10.5. The largest absolute Gasteiger partial charge is 0.324 e. The molecule has 1 heterocycles. The second kappa shape index (κ2) is 7.92. The first kappa shape index (κ1) is 19.1. The lowest BCUT2D eigenvalue weighted by Crippen LogP contribution is -2.26. The first-order valence-electron chi connectivity index (χ1n) is 8.85. The van der Waals surface area contributed by atoms with Gasteiger partial charge in [0.2, 0.25) is 11.8 Å². The lowest BCUT2D eigenvalue weighted by Gasteiger charge is -2.20. The Labute approximate surface area is 159 Å². The van der Waals surface area contributed by atoms with E-state index in [9.17, 15) is 18.0 Å². The Balaban J connectivity index is 1.66. The molecule has 3 rings (SSSR count). The second-order valence-corrected chi connectivity index (χ2v) is 8.71. The van der Waals surface area contributed by atoms with Crippen molar-refractivity contribution in [2.24, 2.45) is 0 Å². The summed E-state index contributed by atoms with van der Waals surface area (Å²) in [7, 11) is -3.52. The smallest absolute Gasteiger partial charge is 0.227 e. The molecule has 1 saturated heterocycles. The minimum absolute atomic E-state index is 0.0265. The summed E-state index contributed by atoms with van der Waals surface area (Å²) in [5.74, 6) is -0.643. The third kappa shape index (κ3) is 4.54. The number of carbonyl (C=O) groups is 2. The van der Waals surface area contributed by atoms with E-state index in [0.29, 0.717) is 24.3 Å². The second-order valence-electron chi connectivity index (χ2n) is 6.60. The lowest BCUT2D eigenvalue weighted by atomic mass is 10.2. The summed E-state index contributed by atoms with van der Waals surface area (Å²) in [5, 5.41) is 2.74. The van der Waals surface area contributed by atoms with Gasteiger partial charge < -0.3 is 10.2 Å². The number of anilines is 2. The number of carbonyl (C=O) groups excluding carboxylic acids is 2. The quantitative estimate of drug-likeness (QED) is 0.827. The van der Waals surface area contributed by atoms with Crippen molar-refractivity contribution >= 4 is 33.0 Å². The molecule has 1 aliphatic heterocycles. The fourth-order valence-electron chi connectivity index (χ4n) is 3.02. The molecule has 0 radical (unpaired) electrons. The molecule has 2 aromatic carbocycles. The van der Waals surface area contributed by atoms with Crippen LogP contribution < -0.4 is 10.2 Å². The summed E-state index contributed by atoms with van der Waals surface area (Å²) in [5.41, 5.74) is 2.14. The Morgan fingerprint density at radius 2 is 1.81 bits per heavy atom. The minimum atomic E-state index is -3.52. The van der Waals surface area contributed by atoms with Gasteiger partial charge in [0.15, 0.2) is 9.84 Å². The lowest BCUT2D eigenvalue weighted by molar-refractivity contribution is -0.117. The van der Waals surface area contributed by atoms with Crippen LogP contribution >= 0.6 is 0 Å². The van der Waals surface area contributed by atoms with Crippen LogP contribution in [0, 0.1) is 6.92 Å². The maximum Gasteiger partial charge on any atom is 0.227 e. The Bertz CT molecular complexity index is 952. The van der Waals surface area contributed by atoms with Crippen molar-refractivity contribution in [1.82, 2.24) is 0 Å². The van der Waals surface area contributed by atoms with E-state index in [1.807, 2.05) is 6.92 Å². The van der Waals surface area contributed by atoms with E-state index in [4.69, 9.17) is 0 Å². The molecule has 1 N–H and O–H groups in total. The molecule has 0 spiro atoms. The fraction of sp³-hybridized carbons (Fsp3) is 0.300.